The molecule has 4 nitrogen and oxygen atoms in total. The van der Waals surface area contributed by atoms with Crippen LogP contribution >= 0.6 is 27.3 Å². The van der Waals surface area contributed by atoms with Gasteiger partial charge in [-0.1, -0.05) is 0 Å². The minimum Gasteiger partial charge on any atom is -0.348 e. The van der Waals surface area contributed by atoms with Crippen molar-refractivity contribution in [1.29, 1.82) is 0 Å². The van der Waals surface area contributed by atoms with Crippen LogP contribution in [0.2, 0.25) is 0 Å². The number of hydrogen-bond acceptors (Lipinski definition) is 3. The molecule has 2 rings (SSSR count). The largest absolute Gasteiger partial charge is 0.348 e. The lowest BCUT2D eigenvalue weighted by Gasteiger charge is -1.97. The average Bonchev–Trinajstić information content (AvgIpc) is 2.95. The average molecular weight is 312 g/mol. The minimum atomic E-state index is -0.115. The van der Waals surface area contributed by atoms with Crippen LogP contribution in [0.5, 0.6) is 0 Å². The Labute approximate surface area is 111 Å². The van der Waals surface area contributed by atoms with Crippen molar-refractivity contribution in [2.24, 2.45) is 0 Å². The quantitative estimate of drug-likeness (QED) is 0.853. The molecular weight excluding hydrogens is 302 g/mol. The van der Waals surface area contributed by atoms with Crippen LogP contribution in [0.3, 0.4) is 0 Å². The minimum absolute atomic E-state index is 0.115. The summed E-state index contributed by atoms with van der Waals surface area (Å²) >= 11 is 4.95. The van der Waals surface area contributed by atoms with Gasteiger partial charge in [0.2, 0.25) is 5.91 Å². The normalized spacial score (nSPS) is 10.9. The van der Waals surface area contributed by atoms with Crippen molar-refractivity contribution in [3.8, 4) is 0 Å². The molecule has 1 amide bonds. The van der Waals surface area contributed by atoms with Gasteiger partial charge < -0.3 is 5.32 Å². The molecule has 2 aromatic rings. The highest BCUT2D eigenvalue weighted by Gasteiger charge is 1.98. The lowest BCUT2D eigenvalue weighted by atomic mass is 10.3. The number of halogens is 1. The molecule has 88 valence electrons. The molecule has 0 aliphatic rings. The van der Waals surface area contributed by atoms with E-state index >= 15 is 0 Å². The van der Waals surface area contributed by atoms with Crippen LogP contribution in [0.4, 0.5) is 0 Å². The zero-order valence-electron chi connectivity index (χ0n) is 8.81. The topological polar surface area (TPSA) is 57.8 Å². The number of rotatable bonds is 4. The Hall–Kier alpha value is -1.40. The van der Waals surface area contributed by atoms with E-state index in [1.54, 1.807) is 29.8 Å². The van der Waals surface area contributed by atoms with Gasteiger partial charge in [-0.2, -0.15) is 5.10 Å². The summed E-state index contributed by atoms with van der Waals surface area (Å²) in [5.74, 6) is -0.115. The van der Waals surface area contributed by atoms with Gasteiger partial charge in [-0.05, 0) is 34.1 Å². The number of aromatic amines is 1. The first kappa shape index (κ1) is 12.1. The number of thiophene rings is 1. The van der Waals surface area contributed by atoms with Crippen molar-refractivity contribution < 1.29 is 4.79 Å². The van der Waals surface area contributed by atoms with Crippen molar-refractivity contribution >= 4 is 39.2 Å². The third kappa shape index (κ3) is 3.83. The molecule has 2 N–H and O–H groups in total. The Morgan fingerprint density at radius 1 is 1.59 bits per heavy atom. The van der Waals surface area contributed by atoms with E-state index in [1.807, 2.05) is 12.1 Å². The van der Waals surface area contributed by atoms with Crippen molar-refractivity contribution in [3.05, 3.63) is 44.8 Å². The fourth-order valence-electron chi connectivity index (χ4n) is 1.20. The molecule has 6 heteroatoms. The molecule has 0 bridgehead atoms. The van der Waals surface area contributed by atoms with E-state index in [9.17, 15) is 4.79 Å². The number of nitrogens with zero attached hydrogens (tertiary/aromatic N) is 1. The number of amides is 1. The molecule has 17 heavy (non-hydrogen) atoms. The second-order valence-electron chi connectivity index (χ2n) is 3.30. The number of nitrogens with one attached hydrogen (secondary N) is 2. The zero-order chi connectivity index (χ0) is 12.1. The Morgan fingerprint density at radius 2 is 2.47 bits per heavy atom. The number of H-pyrrole nitrogens is 1. The summed E-state index contributed by atoms with van der Waals surface area (Å²) in [6.07, 6.45) is 6.75. The molecule has 2 aromatic heterocycles. The van der Waals surface area contributed by atoms with E-state index in [-0.39, 0.29) is 5.91 Å². The Balaban J connectivity index is 1.83. The Bertz CT molecular complexity index is 519. The molecule has 0 saturated carbocycles. The highest BCUT2D eigenvalue weighted by atomic mass is 79.9. The summed E-state index contributed by atoms with van der Waals surface area (Å²) in [5, 5.41) is 9.26. The molecule has 0 aliphatic heterocycles. The number of hydrogen-bond donors (Lipinski definition) is 2. The van der Waals surface area contributed by atoms with Gasteiger partial charge in [-0.15, -0.1) is 11.3 Å². The molecule has 0 spiro atoms. The first-order chi connectivity index (χ1) is 8.24. The summed E-state index contributed by atoms with van der Waals surface area (Å²) < 4.78 is 1.05. The van der Waals surface area contributed by atoms with E-state index in [1.165, 1.54) is 6.08 Å². The fraction of sp³-hybridized carbons (Fsp3) is 0.0909. The molecule has 0 fully saturated rings. The van der Waals surface area contributed by atoms with Gasteiger partial charge in [0.05, 0.1) is 9.98 Å². The second-order valence-corrected chi connectivity index (χ2v) is 5.79. The van der Waals surface area contributed by atoms with Gasteiger partial charge >= 0.3 is 0 Å². The van der Waals surface area contributed by atoms with Gasteiger partial charge in [0.25, 0.3) is 0 Å². The van der Waals surface area contributed by atoms with E-state index < -0.39 is 0 Å². The molecule has 0 atom stereocenters. The first-order valence-corrected chi connectivity index (χ1v) is 6.54. The van der Waals surface area contributed by atoms with Crippen molar-refractivity contribution in [2.75, 3.05) is 0 Å². The van der Waals surface area contributed by atoms with Gasteiger partial charge in [-0.25, -0.2) is 0 Å². The molecule has 0 aromatic carbocycles. The summed E-state index contributed by atoms with van der Waals surface area (Å²) in [6, 6.07) is 3.91. The molecule has 0 aliphatic carbocycles. The van der Waals surface area contributed by atoms with Crippen LogP contribution in [0, 0.1) is 0 Å². The zero-order valence-corrected chi connectivity index (χ0v) is 11.2. The Kier molecular flexibility index (Phi) is 4.11. The monoisotopic (exact) mass is 311 g/mol. The van der Waals surface area contributed by atoms with Gasteiger partial charge in [0, 0.05) is 29.3 Å². The van der Waals surface area contributed by atoms with E-state index in [0.717, 1.165) is 14.2 Å². The predicted molar refractivity (Wildman–Crippen MR) is 71.5 cm³/mol. The van der Waals surface area contributed by atoms with Crippen LogP contribution < -0.4 is 5.32 Å². The van der Waals surface area contributed by atoms with Crippen molar-refractivity contribution in [1.82, 2.24) is 15.5 Å². The highest BCUT2D eigenvalue weighted by Crippen LogP contribution is 2.22. The number of carbonyl (C=O) groups excluding carboxylic acids is 1. The lowest BCUT2D eigenvalue weighted by Crippen LogP contribution is -2.19. The van der Waals surface area contributed by atoms with Gasteiger partial charge in [0.15, 0.2) is 0 Å². The van der Waals surface area contributed by atoms with Crippen LogP contribution in [0.15, 0.2) is 34.4 Å². The van der Waals surface area contributed by atoms with Crippen molar-refractivity contribution in [2.45, 2.75) is 6.54 Å². The van der Waals surface area contributed by atoms with Crippen LogP contribution in [0.25, 0.3) is 6.08 Å². The summed E-state index contributed by atoms with van der Waals surface area (Å²) in [7, 11) is 0. The first-order valence-electron chi connectivity index (χ1n) is 4.93. The SMILES string of the molecule is O=C(/C=C/c1ccc(Br)s1)NCc1cn[nH]c1. The molecule has 2 heterocycles. The van der Waals surface area contributed by atoms with Crippen LogP contribution in [0.1, 0.15) is 10.4 Å². The van der Waals surface area contributed by atoms with E-state index in [0.29, 0.717) is 6.54 Å². The smallest absolute Gasteiger partial charge is 0.244 e. The molecular formula is C11H10BrN3OS. The molecule has 0 saturated heterocycles. The van der Waals surface area contributed by atoms with E-state index in [2.05, 4.69) is 31.4 Å². The number of aromatic nitrogens is 2. The predicted octanol–water partition coefficient (Wildman–Crippen LogP) is 2.56. The Morgan fingerprint density at radius 3 is 3.12 bits per heavy atom. The summed E-state index contributed by atoms with van der Waals surface area (Å²) in [4.78, 5) is 12.5. The van der Waals surface area contributed by atoms with Gasteiger partial charge in [-0.3, -0.25) is 9.89 Å². The van der Waals surface area contributed by atoms with Crippen molar-refractivity contribution in [3.63, 3.8) is 0 Å². The lowest BCUT2D eigenvalue weighted by molar-refractivity contribution is -0.116. The second kappa shape index (κ2) is 5.79. The van der Waals surface area contributed by atoms with Gasteiger partial charge in [0.1, 0.15) is 0 Å². The van der Waals surface area contributed by atoms with E-state index in [4.69, 9.17) is 0 Å². The molecule has 0 unspecified atom stereocenters. The van der Waals surface area contributed by atoms with Crippen LogP contribution in [-0.2, 0) is 11.3 Å². The number of carbonyl (C=O) groups is 1. The maximum Gasteiger partial charge on any atom is 0.244 e. The third-order valence-corrected chi connectivity index (χ3v) is 3.60. The molecule has 0 radical (unpaired) electrons. The standard InChI is InChI=1S/C11H10BrN3OS/c12-10-3-1-9(17-10)2-4-11(16)13-5-8-6-14-15-7-8/h1-4,6-7H,5H2,(H,13,16)(H,14,15)/b4-2+. The highest BCUT2D eigenvalue weighted by molar-refractivity contribution is 9.11. The summed E-state index contributed by atoms with van der Waals surface area (Å²) in [6.45, 7) is 0.480. The fourth-order valence-corrected chi connectivity index (χ4v) is 2.52. The maximum atomic E-state index is 11.5. The van der Waals surface area contributed by atoms with Crippen LogP contribution in [-0.4, -0.2) is 16.1 Å². The maximum absolute atomic E-state index is 11.5. The summed E-state index contributed by atoms with van der Waals surface area (Å²) in [5.41, 5.74) is 0.950. The third-order valence-electron chi connectivity index (χ3n) is 2.01.